The summed E-state index contributed by atoms with van der Waals surface area (Å²) in [5, 5.41) is 0.996. The lowest BCUT2D eigenvalue weighted by molar-refractivity contribution is -0.125. The number of amides is 1. The van der Waals surface area contributed by atoms with Crippen LogP contribution in [0.3, 0.4) is 0 Å². The summed E-state index contributed by atoms with van der Waals surface area (Å²) >= 11 is -2.41. The number of aromatic nitrogens is 2. The second kappa shape index (κ2) is 9.87. The monoisotopic (exact) mass is 560 g/mol. The van der Waals surface area contributed by atoms with Crippen molar-refractivity contribution in [1.82, 2.24) is 19.6 Å². The highest BCUT2D eigenvalue weighted by molar-refractivity contribution is 7.77. The maximum Gasteiger partial charge on any atom is 0.237 e. The molecule has 1 spiro atoms. The number of anilines is 1. The first-order valence-corrected chi connectivity index (χ1v) is 15.4. The number of carbonyl (C=O) groups excluding carboxylic acids is 1. The van der Waals surface area contributed by atoms with Crippen molar-refractivity contribution in [2.75, 3.05) is 38.2 Å². The number of hydrogen-bond acceptors (Lipinski definition) is 7. The van der Waals surface area contributed by atoms with Crippen LogP contribution >= 0.6 is 0 Å². The highest BCUT2D eigenvalue weighted by atomic mass is 32.2. The molecule has 0 radical (unpaired) electrons. The number of ether oxygens (including phenoxy) is 1. The molecule has 1 amide bonds. The summed E-state index contributed by atoms with van der Waals surface area (Å²) in [7, 11) is 1.84. The number of rotatable bonds is 9. The quantitative estimate of drug-likeness (QED) is 0.312. The van der Waals surface area contributed by atoms with Crippen molar-refractivity contribution in [2.24, 2.45) is 0 Å². The van der Waals surface area contributed by atoms with Gasteiger partial charge in [0.05, 0.1) is 35.0 Å². The van der Waals surface area contributed by atoms with E-state index in [0.717, 1.165) is 84.2 Å². The SMILES string of the molecule is CN1C(=O)C2(CCC2)c2c1cnc1ccc(-c3cnc(OCCCN4CCCC4)c(C4(NS(=O)[O-])CC4)c3)cc21. The van der Waals surface area contributed by atoms with Gasteiger partial charge in [0.2, 0.25) is 11.8 Å². The van der Waals surface area contributed by atoms with Gasteiger partial charge in [-0.15, -0.1) is 0 Å². The van der Waals surface area contributed by atoms with Gasteiger partial charge in [-0.2, -0.15) is 0 Å². The van der Waals surface area contributed by atoms with Gasteiger partial charge in [0.25, 0.3) is 0 Å². The normalized spacial score (nSPS) is 21.6. The van der Waals surface area contributed by atoms with Gasteiger partial charge in [-0.25, -0.2) is 9.71 Å². The predicted molar refractivity (Wildman–Crippen MR) is 153 cm³/mol. The van der Waals surface area contributed by atoms with Gasteiger partial charge < -0.3 is 19.1 Å². The fourth-order valence-corrected chi connectivity index (χ4v) is 7.53. The number of benzene rings is 1. The van der Waals surface area contributed by atoms with Crippen LogP contribution in [-0.4, -0.2) is 62.8 Å². The number of likely N-dealkylation sites (N-methyl/N-ethyl adjacent to an activating group) is 1. The van der Waals surface area contributed by atoms with Gasteiger partial charge in [-0.3, -0.25) is 14.0 Å². The number of nitrogens with one attached hydrogen (secondary N) is 1. The first-order valence-electron chi connectivity index (χ1n) is 14.3. The molecule has 40 heavy (non-hydrogen) atoms. The molecule has 1 unspecified atom stereocenters. The number of likely N-dealkylation sites (tertiary alicyclic amines) is 1. The van der Waals surface area contributed by atoms with E-state index in [1.54, 1.807) is 11.1 Å². The molecule has 7 rings (SSSR count). The number of fused-ring (bicyclic) bond motifs is 4. The smallest absolute Gasteiger partial charge is 0.237 e. The molecule has 1 atom stereocenters. The van der Waals surface area contributed by atoms with E-state index in [1.807, 2.05) is 31.4 Å². The maximum atomic E-state index is 13.2. The van der Waals surface area contributed by atoms with Crippen molar-refractivity contribution >= 4 is 33.8 Å². The minimum absolute atomic E-state index is 0.163. The van der Waals surface area contributed by atoms with Crippen molar-refractivity contribution in [3.05, 3.63) is 47.8 Å². The first kappa shape index (κ1) is 26.0. The molecule has 3 aromatic rings. The lowest BCUT2D eigenvalue weighted by atomic mass is 9.64. The zero-order valence-electron chi connectivity index (χ0n) is 22.8. The van der Waals surface area contributed by atoms with Crippen LogP contribution in [0.15, 0.2) is 36.7 Å². The van der Waals surface area contributed by atoms with Crippen LogP contribution in [0.4, 0.5) is 5.69 Å². The summed E-state index contributed by atoms with van der Waals surface area (Å²) in [4.78, 5) is 26.8. The van der Waals surface area contributed by atoms with E-state index in [4.69, 9.17) is 9.72 Å². The second-order valence-electron chi connectivity index (χ2n) is 11.8. The van der Waals surface area contributed by atoms with Crippen molar-refractivity contribution in [1.29, 1.82) is 0 Å². The van der Waals surface area contributed by atoms with E-state index in [2.05, 4.69) is 20.7 Å². The summed E-state index contributed by atoms with van der Waals surface area (Å²) in [6.07, 6.45) is 11.2. The number of carbonyl (C=O) groups is 1. The van der Waals surface area contributed by atoms with Crippen LogP contribution in [0.1, 0.15) is 62.5 Å². The molecule has 1 aromatic carbocycles. The zero-order chi connectivity index (χ0) is 27.5. The summed E-state index contributed by atoms with van der Waals surface area (Å²) in [5.41, 5.74) is 4.32. The molecule has 3 fully saturated rings. The predicted octanol–water partition coefficient (Wildman–Crippen LogP) is 3.93. The molecule has 2 aliphatic carbocycles. The van der Waals surface area contributed by atoms with Gasteiger partial charge >= 0.3 is 0 Å². The molecule has 10 heteroatoms. The van der Waals surface area contributed by atoms with E-state index in [0.29, 0.717) is 25.3 Å². The number of hydrogen-bond donors (Lipinski definition) is 1. The molecule has 2 aromatic heterocycles. The Balaban J connectivity index is 1.24. The minimum Gasteiger partial charge on any atom is -0.760 e. The average Bonchev–Trinajstić information content (AvgIpc) is 3.41. The van der Waals surface area contributed by atoms with Gasteiger partial charge in [-0.05, 0) is 81.8 Å². The Kier molecular flexibility index (Phi) is 6.42. The molecule has 210 valence electrons. The lowest BCUT2D eigenvalue weighted by Gasteiger charge is -2.37. The Morgan fingerprint density at radius 1 is 1.05 bits per heavy atom. The largest absolute Gasteiger partial charge is 0.760 e. The van der Waals surface area contributed by atoms with Gasteiger partial charge in [-0.1, -0.05) is 12.5 Å². The first-order chi connectivity index (χ1) is 19.4. The van der Waals surface area contributed by atoms with Gasteiger partial charge in [0.1, 0.15) is 0 Å². The second-order valence-corrected chi connectivity index (χ2v) is 12.5. The fraction of sp³-hybridized carbons (Fsp3) is 0.500. The molecule has 4 heterocycles. The van der Waals surface area contributed by atoms with Crippen LogP contribution < -0.4 is 14.4 Å². The summed E-state index contributed by atoms with van der Waals surface area (Å²) in [5.74, 6) is 0.653. The molecule has 1 N–H and O–H groups in total. The Bertz CT molecular complexity index is 1510. The minimum atomic E-state index is -2.41. The van der Waals surface area contributed by atoms with E-state index in [1.165, 1.54) is 12.8 Å². The van der Waals surface area contributed by atoms with Crippen LogP contribution in [0, 0.1) is 0 Å². The van der Waals surface area contributed by atoms with Crippen molar-refractivity contribution in [2.45, 2.75) is 62.3 Å². The van der Waals surface area contributed by atoms with Crippen LogP contribution in [0.2, 0.25) is 0 Å². The molecular formula is C30H34N5O4S-. The lowest BCUT2D eigenvalue weighted by Crippen LogP contribution is -2.43. The summed E-state index contributed by atoms with van der Waals surface area (Å²) < 4.78 is 32.3. The third-order valence-corrected chi connectivity index (χ3v) is 9.95. The molecule has 2 aliphatic heterocycles. The Labute approximate surface area is 236 Å². The van der Waals surface area contributed by atoms with Crippen LogP contribution in [0.25, 0.3) is 22.0 Å². The molecule has 0 bridgehead atoms. The van der Waals surface area contributed by atoms with Gasteiger partial charge in [0.15, 0.2) is 0 Å². The fourth-order valence-electron chi connectivity index (χ4n) is 6.89. The highest BCUT2D eigenvalue weighted by Crippen LogP contribution is 2.55. The Morgan fingerprint density at radius 2 is 1.85 bits per heavy atom. The number of pyridine rings is 2. The molecule has 1 saturated heterocycles. The zero-order valence-corrected chi connectivity index (χ0v) is 23.6. The molecule has 9 nitrogen and oxygen atoms in total. The van der Waals surface area contributed by atoms with Crippen LogP contribution in [-0.2, 0) is 27.0 Å². The van der Waals surface area contributed by atoms with E-state index >= 15 is 0 Å². The van der Waals surface area contributed by atoms with Gasteiger partial charge in [0, 0.05) is 53.1 Å². The Hall–Kier alpha value is -2.92. The molecular weight excluding hydrogens is 526 g/mol. The average molecular weight is 561 g/mol. The summed E-state index contributed by atoms with van der Waals surface area (Å²) in [6.45, 7) is 3.83. The standard InChI is InChI=1S/C30H35N5O4S/c1-34-25-19-31-24-7-6-20(16-22(24)26(25)29(28(34)36)8-4-9-29)21-17-23(30(10-11-30)33-40(37)38)27(32-18-21)39-15-5-14-35-12-2-3-13-35/h6-7,16-19,33H,2-5,8-15H2,1H3,(H,37,38)/p-1. The topological polar surface area (TPSA) is 111 Å². The van der Waals surface area contributed by atoms with E-state index in [-0.39, 0.29) is 5.91 Å². The van der Waals surface area contributed by atoms with E-state index in [9.17, 15) is 13.6 Å². The summed E-state index contributed by atoms with van der Waals surface area (Å²) in [6, 6.07) is 8.15. The molecule has 2 saturated carbocycles. The van der Waals surface area contributed by atoms with Crippen LogP contribution in [0.5, 0.6) is 5.88 Å². The van der Waals surface area contributed by atoms with Crippen molar-refractivity contribution in [3.8, 4) is 17.0 Å². The van der Waals surface area contributed by atoms with Crippen molar-refractivity contribution in [3.63, 3.8) is 0 Å². The number of nitrogens with zero attached hydrogens (tertiary/aromatic N) is 4. The third kappa shape index (κ3) is 4.24. The maximum absolute atomic E-state index is 13.2. The van der Waals surface area contributed by atoms with Crippen molar-refractivity contribution < 1.29 is 18.3 Å². The highest BCUT2D eigenvalue weighted by Gasteiger charge is 2.54. The Morgan fingerprint density at radius 3 is 2.55 bits per heavy atom. The van der Waals surface area contributed by atoms with E-state index < -0.39 is 22.2 Å². The third-order valence-electron chi connectivity index (χ3n) is 9.39. The molecule has 4 aliphatic rings.